The monoisotopic (exact) mass is 905 g/mol. The fourth-order valence-electron chi connectivity index (χ4n) is 12.1. The van der Waals surface area contributed by atoms with E-state index in [4.69, 9.17) is 37.9 Å². The van der Waals surface area contributed by atoms with Crippen molar-refractivity contribution >= 4 is 0 Å². The normalized spacial score (nSPS) is 22.8. The minimum atomic E-state index is -0.334. The van der Waals surface area contributed by atoms with Crippen molar-refractivity contribution in [3.63, 3.8) is 0 Å². The molecule has 4 bridgehead atoms. The molecule has 66 heavy (non-hydrogen) atoms. The lowest BCUT2D eigenvalue weighted by Crippen LogP contribution is -2.67. The second-order valence-electron chi connectivity index (χ2n) is 19.6. The average molecular weight is 905 g/mol. The van der Waals surface area contributed by atoms with E-state index in [-0.39, 0.29) is 21.7 Å². The molecule has 0 amide bonds. The molecule has 8 rings (SSSR count). The van der Waals surface area contributed by atoms with Gasteiger partial charge in [-0.3, -0.25) is 0 Å². The van der Waals surface area contributed by atoms with Gasteiger partial charge in [-0.25, -0.2) is 0 Å². The number of benzene rings is 4. The van der Waals surface area contributed by atoms with Gasteiger partial charge < -0.3 is 37.9 Å². The van der Waals surface area contributed by atoms with E-state index in [1.807, 2.05) is 0 Å². The molecule has 0 aromatic heterocycles. The molecule has 4 saturated carbocycles. The highest BCUT2D eigenvalue weighted by Crippen LogP contribution is 2.77. The maximum Gasteiger partial charge on any atom is 0.126 e. The number of hydrogen-bond acceptors (Lipinski definition) is 8. The largest absolute Gasteiger partial charge is 0.493 e. The Balaban J connectivity index is 1.56. The molecule has 8 heteroatoms. The average Bonchev–Trinajstić information content (AvgIpc) is 3.33. The highest BCUT2D eigenvalue weighted by atomic mass is 16.5. The van der Waals surface area contributed by atoms with Gasteiger partial charge in [0.15, 0.2) is 0 Å². The van der Waals surface area contributed by atoms with Gasteiger partial charge in [0.25, 0.3) is 0 Å². The molecule has 4 aliphatic carbocycles. The van der Waals surface area contributed by atoms with Gasteiger partial charge >= 0.3 is 0 Å². The molecule has 0 heterocycles. The number of ether oxygens (including phenoxy) is 8. The quantitative estimate of drug-likeness (QED) is 0.0558. The van der Waals surface area contributed by atoms with Crippen LogP contribution in [0, 0.1) is 0 Å². The molecule has 8 nitrogen and oxygen atoms in total. The van der Waals surface area contributed by atoms with Crippen LogP contribution < -0.4 is 37.9 Å². The van der Waals surface area contributed by atoms with Crippen LogP contribution in [-0.4, -0.2) is 52.9 Å². The predicted octanol–water partition coefficient (Wildman–Crippen LogP) is 14.4. The van der Waals surface area contributed by atoms with Crippen molar-refractivity contribution in [2.24, 2.45) is 0 Å². The van der Waals surface area contributed by atoms with E-state index >= 15 is 0 Å². The van der Waals surface area contributed by atoms with Crippen molar-refractivity contribution in [3.05, 3.63) is 95.1 Å². The lowest BCUT2D eigenvalue weighted by molar-refractivity contribution is -0.0720. The summed E-state index contributed by atoms with van der Waals surface area (Å²) in [5.74, 6) is 7.11. The van der Waals surface area contributed by atoms with Crippen LogP contribution in [0.15, 0.2) is 72.8 Å². The van der Waals surface area contributed by atoms with Crippen LogP contribution in [0.2, 0.25) is 0 Å². The van der Waals surface area contributed by atoms with Crippen molar-refractivity contribution in [2.75, 3.05) is 52.9 Å². The fraction of sp³-hybridized carbons (Fsp3) is 0.586. The van der Waals surface area contributed by atoms with E-state index in [1.165, 1.54) is 22.3 Å². The Labute approximate surface area is 397 Å². The maximum absolute atomic E-state index is 6.90. The Bertz CT molecular complexity index is 1840. The number of rotatable bonds is 28. The molecule has 0 aliphatic heterocycles. The van der Waals surface area contributed by atoms with Gasteiger partial charge in [-0.2, -0.15) is 0 Å². The van der Waals surface area contributed by atoms with E-state index in [0.717, 1.165) is 136 Å². The van der Waals surface area contributed by atoms with Gasteiger partial charge in [-0.15, -0.1) is 0 Å². The Morgan fingerprint density at radius 2 is 0.455 bits per heavy atom. The Hall–Kier alpha value is -4.72. The molecular weight excluding hydrogens is 825 g/mol. The Morgan fingerprint density at radius 1 is 0.273 bits per heavy atom. The summed E-state index contributed by atoms with van der Waals surface area (Å²) in [4.78, 5) is 0. The van der Waals surface area contributed by atoms with Crippen LogP contribution in [0.1, 0.15) is 168 Å². The minimum Gasteiger partial charge on any atom is -0.493 e. The Morgan fingerprint density at radius 3 is 0.636 bits per heavy atom. The maximum atomic E-state index is 6.90. The van der Waals surface area contributed by atoms with Crippen LogP contribution in [0.3, 0.4) is 0 Å². The van der Waals surface area contributed by atoms with Gasteiger partial charge in [0.1, 0.15) is 46.0 Å². The third kappa shape index (κ3) is 10.4. The molecule has 360 valence electrons. The first kappa shape index (κ1) is 49.2. The summed E-state index contributed by atoms with van der Waals surface area (Å²) in [6, 6.07) is 26.8. The Kier molecular flexibility index (Phi) is 16.7. The van der Waals surface area contributed by atoms with Crippen LogP contribution in [0.25, 0.3) is 0 Å². The van der Waals surface area contributed by atoms with E-state index in [2.05, 4.69) is 128 Å². The van der Waals surface area contributed by atoms with Gasteiger partial charge in [0.05, 0.1) is 52.9 Å². The molecule has 0 N–H and O–H groups in total. The molecule has 0 atom stereocenters. The van der Waals surface area contributed by atoms with Crippen molar-refractivity contribution < 1.29 is 37.9 Å². The third-order valence-corrected chi connectivity index (χ3v) is 13.9. The minimum absolute atomic E-state index is 0.334. The van der Waals surface area contributed by atoms with E-state index < -0.39 is 0 Å². The summed E-state index contributed by atoms with van der Waals surface area (Å²) in [6.45, 7) is 22.5. The summed E-state index contributed by atoms with van der Waals surface area (Å²) in [5.41, 5.74) is 3.70. The standard InChI is InChI=1S/C58H80O8/c1-9-25-59-43-17-21-47(51(33-43)63-29-13-5)55-37-56(48-22-18-44(60-26-10-2)34-52(48)64-30-14-6)40-57(38-55,49-23-19-45(61-27-11-3)35-53(49)65-31-15-7)42-58(39-55,41-56)50-24-20-46(62-28-12-4)36-54(50)66-32-16-8/h17-24,33-36H,9-16,25-32,37-42H2,1-8H3. The van der Waals surface area contributed by atoms with Gasteiger partial charge in [0, 0.05) is 68.2 Å². The molecule has 0 saturated heterocycles. The summed E-state index contributed by atoms with van der Waals surface area (Å²) in [5, 5.41) is 0. The molecular formula is C58H80O8. The third-order valence-electron chi connectivity index (χ3n) is 13.9. The molecule has 0 spiro atoms. The number of hydrogen-bond donors (Lipinski definition) is 0. The lowest BCUT2D eigenvalue weighted by Gasteiger charge is -2.71. The predicted molar refractivity (Wildman–Crippen MR) is 266 cm³/mol. The van der Waals surface area contributed by atoms with Gasteiger partial charge in [-0.05, 0) is 114 Å². The van der Waals surface area contributed by atoms with Crippen LogP contribution in [0.5, 0.6) is 46.0 Å². The first-order valence-corrected chi connectivity index (χ1v) is 25.8. The molecule has 4 aromatic carbocycles. The fourth-order valence-corrected chi connectivity index (χ4v) is 12.1. The van der Waals surface area contributed by atoms with Gasteiger partial charge in [0.2, 0.25) is 0 Å². The van der Waals surface area contributed by atoms with Crippen molar-refractivity contribution in [3.8, 4) is 46.0 Å². The summed E-state index contributed by atoms with van der Waals surface area (Å²) < 4.78 is 52.9. The topological polar surface area (TPSA) is 73.8 Å². The first-order chi connectivity index (χ1) is 32.2. The zero-order chi connectivity index (χ0) is 46.6. The van der Waals surface area contributed by atoms with Crippen molar-refractivity contribution in [1.82, 2.24) is 0 Å². The smallest absolute Gasteiger partial charge is 0.126 e. The zero-order valence-electron chi connectivity index (χ0n) is 41.8. The summed E-state index contributed by atoms with van der Waals surface area (Å²) in [6.07, 6.45) is 13.0. The highest BCUT2D eigenvalue weighted by Gasteiger charge is 2.71. The SMILES string of the molecule is CCCOc1ccc(C23CC4(c5ccc(OCCC)cc5OCCC)CC(c5ccc(OCCC)cc5OCCC)(C2)CC(c2ccc(OCCC)cc2OCCC)(C3)C4)c(OCCC)c1. The van der Waals surface area contributed by atoms with Crippen LogP contribution in [0.4, 0.5) is 0 Å². The highest BCUT2D eigenvalue weighted by molar-refractivity contribution is 5.60. The second kappa shape index (κ2) is 22.4. The second-order valence-corrected chi connectivity index (χ2v) is 19.6. The van der Waals surface area contributed by atoms with E-state index in [0.29, 0.717) is 52.9 Å². The van der Waals surface area contributed by atoms with Crippen LogP contribution in [-0.2, 0) is 21.7 Å². The molecule has 4 aromatic rings. The first-order valence-electron chi connectivity index (χ1n) is 25.8. The van der Waals surface area contributed by atoms with E-state index in [9.17, 15) is 0 Å². The van der Waals surface area contributed by atoms with E-state index in [1.54, 1.807) is 0 Å². The summed E-state index contributed by atoms with van der Waals surface area (Å²) in [7, 11) is 0. The molecule has 4 fully saturated rings. The van der Waals surface area contributed by atoms with Gasteiger partial charge in [-0.1, -0.05) is 79.7 Å². The molecule has 0 radical (unpaired) electrons. The van der Waals surface area contributed by atoms with Crippen molar-refractivity contribution in [1.29, 1.82) is 0 Å². The zero-order valence-corrected chi connectivity index (χ0v) is 41.8. The molecule has 0 unspecified atom stereocenters. The summed E-state index contributed by atoms with van der Waals surface area (Å²) >= 11 is 0. The lowest BCUT2D eigenvalue weighted by atomic mass is 9.32. The molecule has 4 aliphatic rings. The van der Waals surface area contributed by atoms with Crippen molar-refractivity contribution in [2.45, 2.75) is 167 Å². The van der Waals surface area contributed by atoms with Crippen LogP contribution >= 0.6 is 0 Å².